The summed E-state index contributed by atoms with van der Waals surface area (Å²) >= 11 is 0. The second-order valence-corrected chi connectivity index (χ2v) is 3.43. The van der Waals surface area contributed by atoms with Crippen molar-refractivity contribution in [3.05, 3.63) is 11.8 Å². The van der Waals surface area contributed by atoms with Gasteiger partial charge < -0.3 is 14.6 Å². The molecule has 0 aliphatic heterocycles. The van der Waals surface area contributed by atoms with Crippen molar-refractivity contribution in [3.8, 4) is 0 Å². The summed E-state index contributed by atoms with van der Waals surface area (Å²) in [4.78, 5) is 22.1. The number of rotatable bonds is 6. The molecular weight excluding hydrogens is 212 g/mol. The zero-order valence-corrected chi connectivity index (χ0v) is 9.86. The summed E-state index contributed by atoms with van der Waals surface area (Å²) in [6.07, 6.45) is 1.67. The molecule has 0 aromatic rings. The lowest BCUT2D eigenvalue weighted by Gasteiger charge is -2.08. The SMILES string of the molecule is CCC(C)C(=O)OCCOC(=O)/C=C(/C)O. The Morgan fingerprint density at radius 1 is 1.31 bits per heavy atom. The van der Waals surface area contributed by atoms with Crippen LogP contribution in [-0.4, -0.2) is 30.3 Å². The monoisotopic (exact) mass is 230 g/mol. The summed E-state index contributed by atoms with van der Waals surface area (Å²) in [5, 5.41) is 8.75. The van der Waals surface area contributed by atoms with E-state index in [0.29, 0.717) is 6.42 Å². The molecule has 0 aliphatic rings. The molecule has 0 saturated carbocycles. The van der Waals surface area contributed by atoms with E-state index < -0.39 is 5.97 Å². The molecule has 5 heteroatoms. The first kappa shape index (κ1) is 14.5. The maximum Gasteiger partial charge on any atom is 0.334 e. The average molecular weight is 230 g/mol. The van der Waals surface area contributed by atoms with E-state index in [-0.39, 0.29) is 30.9 Å². The molecule has 0 amide bonds. The molecule has 0 aromatic heterocycles. The number of allylic oxidation sites excluding steroid dienone is 1. The van der Waals surface area contributed by atoms with Crippen LogP contribution in [-0.2, 0) is 19.1 Å². The minimum atomic E-state index is -0.653. The normalized spacial score (nSPS) is 13.1. The van der Waals surface area contributed by atoms with Crippen LogP contribution in [0, 0.1) is 5.92 Å². The van der Waals surface area contributed by atoms with Gasteiger partial charge in [0.05, 0.1) is 17.8 Å². The van der Waals surface area contributed by atoms with Crippen LogP contribution in [0.3, 0.4) is 0 Å². The van der Waals surface area contributed by atoms with Crippen LogP contribution in [0.5, 0.6) is 0 Å². The van der Waals surface area contributed by atoms with Gasteiger partial charge in [-0.2, -0.15) is 0 Å². The summed E-state index contributed by atoms with van der Waals surface area (Å²) < 4.78 is 9.51. The van der Waals surface area contributed by atoms with Crippen LogP contribution in [0.25, 0.3) is 0 Å². The molecule has 0 spiro atoms. The highest BCUT2D eigenvalue weighted by atomic mass is 16.6. The first-order chi connectivity index (χ1) is 7.47. The number of aliphatic hydroxyl groups excluding tert-OH is 1. The second kappa shape index (κ2) is 7.73. The summed E-state index contributed by atoms with van der Waals surface area (Å²) in [6, 6.07) is 0. The summed E-state index contributed by atoms with van der Waals surface area (Å²) in [6.45, 7) is 5.05. The summed E-state index contributed by atoms with van der Waals surface area (Å²) in [5.41, 5.74) is 0. The van der Waals surface area contributed by atoms with Crippen LogP contribution in [0.2, 0.25) is 0 Å². The number of hydrogen-bond donors (Lipinski definition) is 1. The standard InChI is InChI=1S/C11H18O5/c1-4-8(2)11(14)16-6-5-15-10(13)7-9(3)12/h7-8,12H,4-6H2,1-3H3/b9-7-. The van der Waals surface area contributed by atoms with Crippen molar-refractivity contribution in [2.45, 2.75) is 27.2 Å². The molecule has 1 atom stereocenters. The van der Waals surface area contributed by atoms with Gasteiger partial charge in [-0.05, 0) is 13.3 Å². The van der Waals surface area contributed by atoms with E-state index in [9.17, 15) is 9.59 Å². The third-order valence-corrected chi connectivity index (χ3v) is 1.91. The van der Waals surface area contributed by atoms with Gasteiger partial charge in [0.1, 0.15) is 13.2 Å². The number of esters is 2. The van der Waals surface area contributed by atoms with Crippen molar-refractivity contribution in [1.82, 2.24) is 0 Å². The van der Waals surface area contributed by atoms with E-state index in [4.69, 9.17) is 9.84 Å². The van der Waals surface area contributed by atoms with Crippen LogP contribution < -0.4 is 0 Å². The Hall–Kier alpha value is -1.52. The van der Waals surface area contributed by atoms with E-state index in [1.54, 1.807) is 6.92 Å². The topological polar surface area (TPSA) is 72.8 Å². The van der Waals surface area contributed by atoms with Crippen molar-refractivity contribution in [2.24, 2.45) is 5.92 Å². The lowest BCUT2D eigenvalue weighted by Crippen LogP contribution is -2.17. The number of aliphatic hydroxyl groups is 1. The molecule has 1 unspecified atom stereocenters. The molecular formula is C11H18O5. The van der Waals surface area contributed by atoms with E-state index >= 15 is 0 Å². The molecule has 0 rings (SSSR count). The van der Waals surface area contributed by atoms with Gasteiger partial charge in [0, 0.05) is 0 Å². The Bertz CT molecular complexity index is 266. The molecule has 0 bridgehead atoms. The van der Waals surface area contributed by atoms with Crippen molar-refractivity contribution in [1.29, 1.82) is 0 Å². The van der Waals surface area contributed by atoms with Gasteiger partial charge in [0.15, 0.2) is 0 Å². The van der Waals surface area contributed by atoms with Crippen molar-refractivity contribution in [3.63, 3.8) is 0 Å². The lowest BCUT2D eigenvalue weighted by atomic mass is 10.1. The minimum absolute atomic E-state index is 0.00914. The largest absolute Gasteiger partial charge is 0.512 e. The van der Waals surface area contributed by atoms with Gasteiger partial charge in [0.2, 0.25) is 0 Å². The smallest absolute Gasteiger partial charge is 0.334 e. The maximum atomic E-state index is 11.2. The molecule has 92 valence electrons. The maximum absolute atomic E-state index is 11.2. The first-order valence-electron chi connectivity index (χ1n) is 5.18. The quantitative estimate of drug-likeness (QED) is 0.324. The second-order valence-electron chi connectivity index (χ2n) is 3.43. The number of hydrogen-bond acceptors (Lipinski definition) is 5. The fourth-order valence-electron chi connectivity index (χ4n) is 0.806. The highest BCUT2D eigenvalue weighted by Crippen LogP contribution is 2.02. The Kier molecular flexibility index (Phi) is 7.00. The number of carbonyl (C=O) groups excluding carboxylic acids is 2. The number of ether oxygens (including phenoxy) is 2. The summed E-state index contributed by atoms with van der Waals surface area (Å²) in [7, 11) is 0. The van der Waals surface area contributed by atoms with Crippen molar-refractivity contribution >= 4 is 11.9 Å². The van der Waals surface area contributed by atoms with Gasteiger partial charge in [-0.15, -0.1) is 0 Å². The predicted octanol–water partition coefficient (Wildman–Crippen LogP) is 1.58. The van der Waals surface area contributed by atoms with Crippen LogP contribution in [0.4, 0.5) is 0 Å². The molecule has 0 aromatic carbocycles. The molecule has 16 heavy (non-hydrogen) atoms. The number of carbonyl (C=O) groups is 2. The lowest BCUT2D eigenvalue weighted by molar-refractivity contribution is -0.152. The van der Waals surface area contributed by atoms with Crippen LogP contribution in [0.15, 0.2) is 11.8 Å². The van der Waals surface area contributed by atoms with Crippen molar-refractivity contribution in [2.75, 3.05) is 13.2 Å². The molecule has 0 radical (unpaired) electrons. The molecule has 0 saturated heterocycles. The highest BCUT2D eigenvalue weighted by molar-refractivity contribution is 5.82. The van der Waals surface area contributed by atoms with E-state index in [1.165, 1.54) is 6.92 Å². The molecule has 0 aliphatic carbocycles. The molecule has 0 heterocycles. The van der Waals surface area contributed by atoms with Gasteiger partial charge in [-0.1, -0.05) is 13.8 Å². The Morgan fingerprint density at radius 2 is 1.88 bits per heavy atom. The van der Waals surface area contributed by atoms with Gasteiger partial charge >= 0.3 is 11.9 Å². The fourth-order valence-corrected chi connectivity index (χ4v) is 0.806. The van der Waals surface area contributed by atoms with Gasteiger partial charge in [0.25, 0.3) is 0 Å². The minimum Gasteiger partial charge on any atom is -0.512 e. The highest BCUT2D eigenvalue weighted by Gasteiger charge is 2.11. The average Bonchev–Trinajstić information content (AvgIpc) is 2.21. The van der Waals surface area contributed by atoms with Gasteiger partial charge in [-0.3, -0.25) is 4.79 Å². The third-order valence-electron chi connectivity index (χ3n) is 1.91. The van der Waals surface area contributed by atoms with E-state index in [1.807, 2.05) is 6.92 Å². The predicted molar refractivity (Wildman–Crippen MR) is 57.8 cm³/mol. The third kappa shape index (κ3) is 6.86. The molecule has 1 N–H and O–H groups in total. The van der Waals surface area contributed by atoms with Crippen LogP contribution >= 0.6 is 0 Å². The zero-order valence-electron chi connectivity index (χ0n) is 9.86. The molecule has 5 nitrogen and oxygen atoms in total. The van der Waals surface area contributed by atoms with Crippen molar-refractivity contribution < 1.29 is 24.2 Å². The Morgan fingerprint density at radius 3 is 2.38 bits per heavy atom. The van der Waals surface area contributed by atoms with E-state index in [0.717, 1.165) is 6.08 Å². The molecule has 0 fully saturated rings. The van der Waals surface area contributed by atoms with E-state index in [2.05, 4.69) is 4.74 Å². The first-order valence-corrected chi connectivity index (χ1v) is 5.18. The van der Waals surface area contributed by atoms with Gasteiger partial charge in [-0.25, -0.2) is 4.79 Å². The Labute approximate surface area is 95.0 Å². The van der Waals surface area contributed by atoms with Crippen LogP contribution in [0.1, 0.15) is 27.2 Å². The Balaban J connectivity index is 3.65. The summed E-state index contributed by atoms with van der Waals surface area (Å²) in [5.74, 6) is -1.22. The zero-order chi connectivity index (χ0) is 12.6. The fraction of sp³-hybridized carbons (Fsp3) is 0.636.